The monoisotopic (exact) mass is 540 g/mol. The van der Waals surface area contributed by atoms with Crippen molar-refractivity contribution in [3.8, 4) is 0 Å². The summed E-state index contributed by atoms with van der Waals surface area (Å²) in [5.74, 6) is 1.70. The van der Waals surface area contributed by atoms with E-state index in [4.69, 9.17) is 9.73 Å². The van der Waals surface area contributed by atoms with E-state index in [9.17, 15) is 4.79 Å². The van der Waals surface area contributed by atoms with Crippen LogP contribution in [0.4, 0.5) is 4.79 Å². The largest absolute Gasteiger partial charge is 0.450 e. The number of guanidine groups is 1. The van der Waals surface area contributed by atoms with Crippen molar-refractivity contribution in [2.45, 2.75) is 45.8 Å². The van der Waals surface area contributed by atoms with Crippen molar-refractivity contribution in [3.63, 3.8) is 0 Å². The predicted octanol–water partition coefficient (Wildman–Crippen LogP) is 3.23. The van der Waals surface area contributed by atoms with Crippen molar-refractivity contribution in [2.24, 2.45) is 4.99 Å². The van der Waals surface area contributed by atoms with E-state index in [1.807, 2.05) is 37.5 Å². The van der Waals surface area contributed by atoms with Gasteiger partial charge >= 0.3 is 6.09 Å². The second kappa shape index (κ2) is 13.2. The zero-order valence-electron chi connectivity index (χ0n) is 18.3. The minimum absolute atomic E-state index is 0. The standard InChI is InChI=1S/C22H32N6O2.HI/c1-3-23-21(26-19-10-13-27(14-11-19)22(29)30-4-2)25-16-20-24-12-15-28(20)17-18-8-6-5-7-9-18;/h5-9,12,15,19H,3-4,10-11,13-14,16-17H2,1-2H3,(H2,23,25,26);1H. The first-order valence-electron chi connectivity index (χ1n) is 10.7. The van der Waals surface area contributed by atoms with Gasteiger partial charge in [0, 0.05) is 44.6 Å². The van der Waals surface area contributed by atoms with Crippen molar-refractivity contribution in [2.75, 3.05) is 26.2 Å². The zero-order valence-corrected chi connectivity index (χ0v) is 20.6. The summed E-state index contributed by atoms with van der Waals surface area (Å²) in [5, 5.41) is 6.82. The number of aromatic nitrogens is 2. The highest BCUT2D eigenvalue weighted by atomic mass is 127. The lowest BCUT2D eigenvalue weighted by Crippen LogP contribution is -2.49. The first-order chi connectivity index (χ1) is 14.7. The predicted molar refractivity (Wildman–Crippen MR) is 133 cm³/mol. The number of carbonyl (C=O) groups is 1. The molecule has 0 radical (unpaired) electrons. The molecule has 1 fully saturated rings. The number of hydrogen-bond acceptors (Lipinski definition) is 4. The number of likely N-dealkylation sites (tertiary alicyclic amines) is 1. The average molecular weight is 540 g/mol. The van der Waals surface area contributed by atoms with Gasteiger partial charge in [-0.2, -0.15) is 0 Å². The fraction of sp³-hybridized carbons (Fsp3) is 0.500. The van der Waals surface area contributed by atoms with Gasteiger partial charge in [-0.1, -0.05) is 30.3 Å². The highest BCUT2D eigenvalue weighted by molar-refractivity contribution is 14.0. The van der Waals surface area contributed by atoms with Gasteiger partial charge in [-0.05, 0) is 32.3 Å². The third kappa shape index (κ3) is 7.71. The molecule has 31 heavy (non-hydrogen) atoms. The molecule has 1 aliphatic heterocycles. The maximum Gasteiger partial charge on any atom is 0.409 e. The Kier molecular flexibility index (Phi) is 10.6. The summed E-state index contributed by atoms with van der Waals surface area (Å²) in [4.78, 5) is 22.9. The molecule has 2 N–H and O–H groups in total. The van der Waals surface area contributed by atoms with Crippen LogP contribution >= 0.6 is 24.0 Å². The molecule has 1 aromatic carbocycles. The van der Waals surface area contributed by atoms with E-state index in [1.165, 1.54) is 5.56 Å². The molecule has 1 saturated heterocycles. The number of carbonyl (C=O) groups excluding carboxylic acids is 1. The van der Waals surface area contributed by atoms with E-state index >= 15 is 0 Å². The van der Waals surface area contributed by atoms with Gasteiger partial charge < -0.3 is 24.8 Å². The number of hydrogen-bond donors (Lipinski definition) is 2. The van der Waals surface area contributed by atoms with E-state index in [0.29, 0.717) is 26.2 Å². The van der Waals surface area contributed by atoms with E-state index in [0.717, 1.165) is 37.7 Å². The van der Waals surface area contributed by atoms with Gasteiger partial charge in [-0.3, -0.25) is 0 Å². The van der Waals surface area contributed by atoms with Crippen molar-refractivity contribution >= 4 is 36.0 Å². The quantitative estimate of drug-likeness (QED) is 0.320. The summed E-state index contributed by atoms with van der Waals surface area (Å²) in [6, 6.07) is 10.6. The highest BCUT2D eigenvalue weighted by Gasteiger charge is 2.24. The minimum atomic E-state index is -0.221. The van der Waals surface area contributed by atoms with Gasteiger partial charge in [-0.25, -0.2) is 14.8 Å². The first kappa shape index (κ1) is 25.0. The molecule has 2 aromatic rings. The van der Waals surface area contributed by atoms with Gasteiger partial charge in [0.25, 0.3) is 0 Å². The summed E-state index contributed by atoms with van der Waals surface area (Å²) in [7, 11) is 0. The average Bonchev–Trinajstić information content (AvgIpc) is 3.20. The highest BCUT2D eigenvalue weighted by Crippen LogP contribution is 2.12. The molecule has 8 nitrogen and oxygen atoms in total. The summed E-state index contributed by atoms with van der Waals surface area (Å²) >= 11 is 0. The van der Waals surface area contributed by atoms with Gasteiger partial charge in [0.2, 0.25) is 0 Å². The summed E-state index contributed by atoms with van der Waals surface area (Å²) in [6.07, 6.45) is 5.32. The molecule has 0 bridgehead atoms. The number of ether oxygens (including phenoxy) is 1. The van der Waals surface area contributed by atoms with Crippen molar-refractivity contribution in [1.29, 1.82) is 0 Å². The minimum Gasteiger partial charge on any atom is -0.450 e. The Morgan fingerprint density at radius 3 is 2.65 bits per heavy atom. The Hall–Kier alpha value is -2.30. The second-order valence-electron chi connectivity index (χ2n) is 7.26. The fourth-order valence-electron chi connectivity index (χ4n) is 3.50. The number of benzene rings is 1. The first-order valence-corrected chi connectivity index (χ1v) is 10.7. The normalized spacial score (nSPS) is 14.6. The summed E-state index contributed by atoms with van der Waals surface area (Å²) < 4.78 is 7.22. The topological polar surface area (TPSA) is 83.8 Å². The third-order valence-electron chi connectivity index (χ3n) is 5.08. The van der Waals surface area contributed by atoms with Crippen LogP contribution in [-0.2, 0) is 17.8 Å². The number of piperidine rings is 1. The summed E-state index contributed by atoms with van der Waals surface area (Å²) in [5.41, 5.74) is 1.24. The second-order valence-corrected chi connectivity index (χ2v) is 7.26. The number of imidazole rings is 1. The Morgan fingerprint density at radius 2 is 1.97 bits per heavy atom. The molecule has 1 amide bonds. The van der Waals surface area contributed by atoms with E-state index in [2.05, 4.69) is 39.2 Å². The van der Waals surface area contributed by atoms with Gasteiger partial charge in [0.15, 0.2) is 5.96 Å². The van der Waals surface area contributed by atoms with E-state index in [1.54, 1.807) is 4.90 Å². The smallest absolute Gasteiger partial charge is 0.409 e. The molecular formula is C22H33IN6O2. The number of amides is 1. The molecule has 0 unspecified atom stereocenters. The summed E-state index contributed by atoms with van der Waals surface area (Å²) in [6.45, 7) is 7.74. The van der Waals surface area contributed by atoms with Gasteiger partial charge in [0.1, 0.15) is 12.4 Å². The zero-order chi connectivity index (χ0) is 21.2. The Labute approximate surface area is 201 Å². The molecule has 0 spiro atoms. The third-order valence-corrected chi connectivity index (χ3v) is 5.08. The Morgan fingerprint density at radius 1 is 1.23 bits per heavy atom. The number of rotatable bonds is 7. The lowest BCUT2D eigenvalue weighted by molar-refractivity contribution is 0.0963. The molecule has 0 saturated carbocycles. The van der Waals surface area contributed by atoms with Crippen molar-refractivity contribution in [3.05, 3.63) is 54.1 Å². The van der Waals surface area contributed by atoms with Crippen molar-refractivity contribution in [1.82, 2.24) is 25.1 Å². The molecule has 1 aromatic heterocycles. The number of nitrogens with zero attached hydrogens (tertiary/aromatic N) is 4. The van der Waals surface area contributed by atoms with Crippen LogP contribution in [0, 0.1) is 0 Å². The maximum absolute atomic E-state index is 11.9. The molecule has 170 valence electrons. The van der Waals surface area contributed by atoms with Crippen LogP contribution in [-0.4, -0.2) is 58.8 Å². The van der Waals surface area contributed by atoms with Crippen molar-refractivity contribution < 1.29 is 9.53 Å². The molecule has 0 atom stereocenters. The lowest BCUT2D eigenvalue weighted by Gasteiger charge is -2.32. The van der Waals surface area contributed by atoms with Crippen LogP contribution in [0.25, 0.3) is 0 Å². The molecule has 3 rings (SSSR count). The lowest BCUT2D eigenvalue weighted by atomic mass is 10.1. The number of halogens is 1. The SMILES string of the molecule is CCNC(=NCc1nccn1Cc1ccccc1)NC1CCN(C(=O)OCC)CC1.I. The van der Waals surface area contributed by atoms with Crippen LogP contribution in [0.2, 0.25) is 0 Å². The molecular weight excluding hydrogens is 507 g/mol. The fourth-order valence-corrected chi connectivity index (χ4v) is 3.50. The molecule has 9 heteroatoms. The Balaban J connectivity index is 0.00000341. The van der Waals surface area contributed by atoms with E-state index in [-0.39, 0.29) is 36.1 Å². The molecule has 1 aliphatic rings. The maximum atomic E-state index is 11.9. The van der Waals surface area contributed by atoms with Crippen LogP contribution in [0.5, 0.6) is 0 Å². The van der Waals surface area contributed by atoms with Crippen LogP contribution < -0.4 is 10.6 Å². The van der Waals surface area contributed by atoms with Crippen LogP contribution in [0.15, 0.2) is 47.7 Å². The molecule has 0 aliphatic carbocycles. The van der Waals surface area contributed by atoms with Gasteiger partial charge in [-0.15, -0.1) is 24.0 Å². The van der Waals surface area contributed by atoms with Gasteiger partial charge in [0.05, 0.1) is 6.61 Å². The number of aliphatic imine (C=N–C) groups is 1. The van der Waals surface area contributed by atoms with E-state index < -0.39 is 0 Å². The number of nitrogens with one attached hydrogen (secondary N) is 2. The van der Waals surface area contributed by atoms with Crippen LogP contribution in [0.3, 0.4) is 0 Å². The molecule has 2 heterocycles. The van der Waals surface area contributed by atoms with Crippen LogP contribution in [0.1, 0.15) is 38.1 Å². The Bertz CT molecular complexity index is 818.